The summed E-state index contributed by atoms with van der Waals surface area (Å²) in [5, 5.41) is 11.0. The second kappa shape index (κ2) is 5.92. The lowest BCUT2D eigenvalue weighted by atomic mass is 9.96. The van der Waals surface area contributed by atoms with Crippen LogP contribution in [0.25, 0.3) is 0 Å². The zero-order valence-corrected chi connectivity index (χ0v) is 12.3. The molecule has 0 aromatic carbocycles. The Morgan fingerprint density at radius 1 is 1.74 bits per heavy atom. The van der Waals surface area contributed by atoms with E-state index in [-0.39, 0.29) is 11.2 Å². The topological polar surface area (TPSA) is 79.9 Å². The molecule has 1 aromatic rings. The number of hydrogen-bond donors (Lipinski definition) is 2. The normalized spacial score (nSPS) is 19.7. The van der Waals surface area contributed by atoms with Crippen molar-refractivity contribution in [3.63, 3.8) is 0 Å². The summed E-state index contributed by atoms with van der Waals surface area (Å²) in [6.07, 6.45) is 4.44. The number of thioether (sulfide) groups is 1. The number of ether oxygens (including phenoxy) is 1. The van der Waals surface area contributed by atoms with Crippen LogP contribution in [-0.2, 0) is 9.53 Å². The molecule has 106 valence electrons. The van der Waals surface area contributed by atoms with Crippen molar-refractivity contribution in [1.82, 2.24) is 20.5 Å². The van der Waals surface area contributed by atoms with Crippen molar-refractivity contribution >= 4 is 17.7 Å². The number of carbonyl (C=O) groups excluding carboxylic acids is 1. The van der Waals surface area contributed by atoms with E-state index in [1.807, 2.05) is 6.92 Å². The first kappa shape index (κ1) is 14.3. The zero-order valence-electron chi connectivity index (χ0n) is 11.5. The summed E-state index contributed by atoms with van der Waals surface area (Å²) in [5.41, 5.74) is -0.637. The maximum atomic E-state index is 12.0. The Balaban J connectivity index is 1.96. The molecule has 2 unspecified atom stereocenters. The number of aromatic nitrogens is 3. The molecule has 0 aliphatic heterocycles. The van der Waals surface area contributed by atoms with Crippen LogP contribution in [0.2, 0.25) is 0 Å². The van der Waals surface area contributed by atoms with Gasteiger partial charge in [-0.3, -0.25) is 15.2 Å². The average molecular weight is 284 g/mol. The van der Waals surface area contributed by atoms with Crippen LogP contribution in [0, 0.1) is 0 Å². The van der Waals surface area contributed by atoms with E-state index in [2.05, 4.69) is 27.4 Å². The average Bonchev–Trinajstić information content (AvgIpc) is 3.01. The van der Waals surface area contributed by atoms with Crippen molar-refractivity contribution in [2.24, 2.45) is 0 Å². The van der Waals surface area contributed by atoms with Crippen molar-refractivity contribution in [2.45, 2.75) is 55.1 Å². The monoisotopic (exact) mass is 284 g/mol. The first-order valence-corrected chi connectivity index (χ1v) is 7.29. The van der Waals surface area contributed by atoms with Crippen LogP contribution in [0.4, 0.5) is 0 Å². The first-order valence-electron chi connectivity index (χ1n) is 6.41. The Bertz CT molecular complexity index is 421. The summed E-state index contributed by atoms with van der Waals surface area (Å²) in [5.74, 6) is -0.204. The molecule has 0 saturated heterocycles. The van der Waals surface area contributed by atoms with Crippen molar-refractivity contribution < 1.29 is 9.53 Å². The molecular weight excluding hydrogens is 264 g/mol. The molecule has 0 radical (unpaired) electrons. The molecule has 1 saturated carbocycles. The largest absolute Gasteiger partial charge is 0.468 e. The molecule has 1 fully saturated rings. The molecule has 1 aliphatic rings. The van der Waals surface area contributed by atoms with Gasteiger partial charge >= 0.3 is 5.97 Å². The number of H-pyrrole nitrogens is 1. The fraction of sp³-hybridized carbons (Fsp3) is 0.750. The van der Waals surface area contributed by atoms with Gasteiger partial charge in [0.25, 0.3) is 0 Å². The molecule has 2 N–H and O–H groups in total. The molecule has 2 rings (SSSR count). The predicted octanol–water partition coefficient (Wildman–Crippen LogP) is 1.36. The molecule has 1 heterocycles. The predicted molar refractivity (Wildman–Crippen MR) is 72.9 cm³/mol. The molecule has 7 heteroatoms. The Labute approximate surface area is 117 Å². The fourth-order valence-corrected chi connectivity index (χ4v) is 3.17. The van der Waals surface area contributed by atoms with E-state index in [0.717, 1.165) is 18.0 Å². The minimum atomic E-state index is -0.637. The Hall–Kier alpha value is -1.08. The lowest BCUT2D eigenvalue weighted by Crippen LogP contribution is -2.52. The molecule has 0 bridgehead atoms. The second-order valence-electron chi connectivity index (χ2n) is 5.17. The Kier molecular flexibility index (Phi) is 4.46. The van der Waals surface area contributed by atoms with E-state index in [1.54, 1.807) is 11.8 Å². The Morgan fingerprint density at radius 3 is 3.00 bits per heavy atom. The number of carbonyl (C=O) groups is 1. The first-order chi connectivity index (χ1) is 9.03. The molecule has 6 nitrogen and oxygen atoms in total. The highest BCUT2D eigenvalue weighted by Gasteiger charge is 2.40. The minimum Gasteiger partial charge on any atom is -0.468 e. The summed E-state index contributed by atoms with van der Waals surface area (Å²) in [7, 11) is 1.43. The van der Waals surface area contributed by atoms with Gasteiger partial charge in [-0.2, -0.15) is 5.10 Å². The van der Waals surface area contributed by atoms with Gasteiger partial charge < -0.3 is 4.74 Å². The highest BCUT2D eigenvalue weighted by molar-refractivity contribution is 7.99. The van der Waals surface area contributed by atoms with Crippen LogP contribution in [0.15, 0.2) is 11.5 Å². The summed E-state index contributed by atoms with van der Waals surface area (Å²) in [6, 6.07) is 0.451. The van der Waals surface area contributed by atoms with Gasteiger partial charge in [-0.1, -0.05) is 18.7 Å². The zero-order chi connectivity index (χ0) is 13.9. The van der Waals surface area contributed by atoms with Crippen molar-refractivity contribution in [1.29, 1.82) is 0 Å². The maximum absolute atomic E-state index is 12.0. The maximum Gasteiger partial charge on any atom is 0.325 e. The van der Waals surface area contributed by atoms with E-state index in [9.17, 15) is 4.79 Å². The number of nitrogens with zero attached hydrogens (tertiary/aromatic N) is 2. The number of methoxy groups -OCH3 is 1. The molecule has 1 aliphatic carbocycles. The second-order valence-corrected chi connectivity index (χ2v) is 6.59. The van der Waals surface area contributed by atoms with Crippen LogP contribution in [0.1, 0.15) is 33.1 Å². The summed E-state index contributed by atoms with van der Waals surface area (Å²) in [4.78, 5) is 16.1. The fourth-order valence-electron chi connectivity index (χ4n) is 2.16. The minimum absolute atomic E-state index is 0.204. The van der Waals surface area contributed by atoms with Gasteiger partial charge in [0.05, 0.1) is 7.11 Å². The number of aromatic amines is 1. The lowest BCUT2D eigenvalue weighted by molar-refractivity contribution is -0.148. The molecule has 0 amide bonds. The van der Waals surface area contributed by atoms with Crippen LogP contribution in [0.3, 0.4) is 0 Å². The van der Waals surface area contributed by atoms with E-state index in [1.165, 1.54) is 13.4 Å². The quantitative estimate of drug-likeness (QED) is 0.581. The lowest BCUT2D eigenvalue weighted by Gasteiger charge is -2.30. The SMILES string of the molecule is COC(=O)C(C)(CC(C)Sc1ncn[nH]1)NC1CC1. The number of nitrogens with one attached hydrogen (secondary N) is 2. The van der Waals surface area contributed by atoms with E-state index >= 15 is 0 Å². The molecule has 0 spiro atoms. The van der Waals surface area contributed by atoms with Crippen LogP contribution < -0.4 is 5.32 Å². The third kappa shape index (κ3) is 3.94. The standard InChI is InChI=1S/C12H20N4O2S/c1-8(19-11-13-7-14-16-11)6-12(2,10(17)18-3)15-9-4-5-9/h7-9,15H,4-6H2,1-3H3,(H,13,14,16). The van der Waals surface area contributed by atoms with Gasteiger partial charge in [0.1, 0.15) is 11.9 Å². The third-order valence-corrected chi connectivity index (χ3v) is 4.13. The summed E-state index contributed by atoms with van der Waals surface area (Å²) >= 11 is 1.58. The van der Waals surface area contributed by atoms with Crippen molar-refractivity contribution in [3.8, 4) is 0 Å². The van der Waals surface area contributed by atoms with Crippen LogP contribution in [0.5, 0.6) is 0 Å². The van der Waals surface area contributed by atoms with Gasteiger partial charge in [0, 0.05) is 11.3 Å². The van der Waals surface area contributed by atoms with E-state index in [4.69, 9.17) is 4.74 Å². The molecule has 2 atom stereocenters. The number of esters is 1. The van der Waals surface area contributed by atoms with E-state index in [0.29, 0.717) is 12.5 Å². The van der Waals surface area contributed by atoms with Gasteiger partial charge in [-0.05, 0) is 26.2 Å². The van der Waals surface area contributed by atoms with E-state index < -0.39 is 5.54 Å². The Morgan fingerprint density at radius 2 is 2.47 bits per heavy atom. The van der Waals surface area contributed by atoms with Crippen LogP contribution >= 0.6 is 11.8 Å². The van der Waals surface area contributed by atoms with Gasteiger partial charge in [0.15, 0.2) is 5.16 Å². The molecular formula is C12H20N4O2S. The highest BCUT2D eigenvalue weighted by Crippen LogP contribution is 2.30. The summed E-state index contributed by atoms with van der Waals surface area (Å²) in [6.45, 7) is 3.98. The van der Waals surface area contributed by atoms with Crippen molar-refractivity contribution in [3.05, 3.63) is 6.33 Å². The highest BCUT2D eigenvalue weighted by atomic mass is 32.2. The third-order valence-electron chi connectivity index (χ3n) is 3.14. The van der Waals surface area contributed by atoms with Crippen LogP contribution in [-0.4, -0.2) is 45.1 Å². The van der Waals surface area contributed by atoms with Gasteiger partial charge in [0.2, 0.25) is 0 Å². The van der Waals surface area contributed by atoms with Gasteiger partial charge in [-0.15, -0.1) is 0 Å². The summed E-state index contributed by atoms with van der Waals surface area (Å²) < 4.78 is 4.93. The number of hydrogen-bond acceptors (Lipinski definition) is 6. The smallest absolute Gasteiger partial charge is 0.325 e. The molecule has 19 heavy (non-hydrogen) atoms. The van der Waals surface area contributed by atoms with Gasteiger partial charge in [-0.25, -0.2) is 4.98 Å². The van der Waals surface area contributed by atoms with Crippen molar-refractivity contribution in [2.75, 3.05) is 7.11 Å². The number of rotatable bonds is 7. The molecule has 1 aromatic heterocycles.